The summed E-state index contributed by atoms with van der Waals surface area (Å²) in [7, 11) is 3.95. The summed E-state index contributed by atoms with van der Waals surface area (Å²) < 4.78 is 13.4. The molecule has 0 atom stereocenters. The Morgan fingerprint density at radius 3 is 2.30 bits per heavy atom. The topological polar surface area (TPSA) is 102 Å². The van der Waals surface area contributed by atoms with Crippen molar-refractivity contribution in [3.8, 4) is 5.75 Å². The molecule has 2 aliphatic carbocycles. The van der Waals surface area contributed by atoms with Crippen LogP contribution in [0.1, 0.15) is 107 Å². The van der Waals surface area contributed by atoms with Gasteiger partial charge in [-0.05, 0) is 123 Å². The summed E-state index contributed by atoms with van der Waals surface area (Å²) >= 11 is 0. The monoisotopic (exact) mass is 644 g/mol. The predicted molar refractivity (Wildman–Crippen MR) is 184 cm³/mol. The van der Waals surface area contributed by atoms with E-state index < -0.39 is 5.60 Å². The highest BCUT2D eigenvalue weighted by Crippen LogP contribution is 2.46. The number of carbonyl (C=O) groups excluding carboxylic acids is 2. The first-order valence-electron chi connectivity index (χ1n) is 17.4. The molecule has 3 aliphatic rings. The number of benzene rings is 1. The number of aromatic nitrogens is 3. The molecular weight excluding hydrogens is 592 g/mol. The third-order valence-corrected chi connectivity index (χ3v) is 10.9. The number of piperidine rings is 1. The molecule has 47 heavy (non-hydrogen) atoms. The summed E-state index contributed by atoms with van der Waals surface area (Å²) in [5.41, 5.74) is 2.58. The first kappa shape index (κ1) is 33.2. The molecule has 1 saturated heterocycles. The van der Waals surface area contributed by atoms with Crippen molar-refractivity contribution < 1.29 is 19.1 Å². The number of hydrogen-bond acceptors (Lipinski definition) is 7. The Kier molecular flexibility index (Phi) is 9.52. The van der Waals surface area contributed by atoms with Crippen molar-refractivity contribution in [2.24, 2.45) is 5.41 Å². The Hall–Kier alpha value is -3.66. The molecule has 254 valence electrons. The minimum atomic E-state index is -0.445. The number of rotatable bonds is 6. The van der Waals surface area contributed by atoms with Gasteiger partial charge in [-0.3, -0.25) is 9.48 Å². The van der Waals surface area contributed by atoms with Crippen LogP contribution in [0.3, 0.4) is 0 Å². The van der Waals surface area contributed by atoms with Gasteiger partial charge >= 0.3 is 6.09 Å². The number of amides is 2. The van der Waals surface area contributed by atoms with Crippen LogP contribution in [0.25, 0.3) is 10.9 Å². The number of hydrogen-bond donors (Lipinski definition) is 1. The van der Waals surface area contributed by atoms with Crippen molar-refractivity contribution >= 4 is 28.6 Å². The van der Waals surface area contributed by atoms with Gasteiger partial charge in [0.1, 0.15) is 17.0 Å². The number of nitrogens with one attached hydrogen (secondary N) is 1. The van der Waals surface area contributed by atoms with Crippen LogP contribution < -0.4 is 10.1 Å². The summed E-state index contributed by atoms with van der Waals surface area (Å²) in [5, 5.41) is 8.90. The van der Waals surface area contributed by atoms with Crippen molar-refractivity contribution in [1.82, 2.24) is 24.6 Å². The fourth-order valence-electron chi connectivity index (χ4n) is 8.02. The molecule has 3 fully saturated rings. The average molecular weight is 645 g/mol. The Morgan fingerprint density at radius 2 is 1.66 bits per heavy atom. The van der Waals surface area contributed by atoms with E-state index in [1.165, 1.54) is 25.7 Å². The molecule has 1 spiro atoms. The van der Waals surface area contributed by atoms with Gasteiger partial charge in [0.25, 0.3) is 5.91 Å². The second kappa shape index (κ2) is 13.5. The Balaban J connectivity index is 1.01. The molecule has 0 unspecified atom stereocenters. The van der Waals surface area contributed by atoms with Crippen LogP contribution in [0.5, 0.6) is 5.75 Å². The lowest BCUT2D eigenvalue weighted by molar-refractivity contribution is -0.00519. The van der Waals surface area contributed by atoms with E-state index in [0.717, 1.165) is 68.2 Å². The van der Waals surface area contributed by atoms with E-state index >= 15 is 0 Å². The number of anilines is 1. The van der Waals surface area contributed by atoms with Crippen molar-refractivity contribution in [1.29, 1.82) is 0 Å². The van der Waals surface area contributed by atoms with Gasteiger partial charge in [0, 0.05) is 48.5 Å². The van der Waals surface area contributed by atoms with E-state index in [1.54, 1.807) is 13.2 Å². The van der Waals surface area contributed by atoms with Crippen molar-refractivity contribution in [2.75, 3.05) is 32.6 Å². The van der Waals surface area contributed by atoms with Gasteiger partial charge in [-0.1, -0.05) is 6.07 Å². The molecule has 0 bridgehead atoms. The van der Waals surface area contributed by atoms with Crippen LogP contribution in [0.2, 0.25) is 0 Å². The molecule has 1 aromatic carbocycles. The molecule has 3 heterocycles. The average Bonchev–Trinajstić information content (AvgIpc) is 3.47. The minimum absolute atomic E-state index is 0.163. The van der Waals surface area contributed by atoms with E-state index in [2.05, 4.69) is 33.1 Å². The lowest BCUT2D eigenvalue weighted by Gasteiger charge is -2.48. The number of fused-ring (bicyclic) bond motifs is 1. The van der Waals surface area contributed by atoms with Crippen molar-refractivity contribution in [3.05, 3.63) is 47.9 Å². The number of nitrogens with zero attached hydrogens (tertiary/aromatic N) is 5. The Bertz CT molecular complexity index is 1570. The lowest BCUT2D eigenvalue weighted by atomic mass is 9.66. The molecule has 10 nitrogen and oxygen atoms in total. The molecule has 6 rings (SSSR count). The fraction of sp³-hybridized carbons (Fsp3) is 0.622. The Labute approximate surface area is 279 Å². The number of aryl methyl sites for hydroxylation is 1. The Morgan fingerprint density at radius 1 is 0.979 bits per heavy atom. The van der Waals surface area contributed by atoms with E-state index in [9.17, 15) is 9.59 Å². The minimum Gasteiger partial charge on any atom is -0.494 e. The number of ether oxygens (including phenoxy) is 2. The van der Waals surface area contributed by atoms with Crippen LogP contribution in [-0.4, -0.2) is 81.5 Å². The second-order valence-electron chi connectivity index (χ2n) is 15.2. The van der Waals surface area contributed by atoms with E-state index in [0.29, 0.717) is 40.7 Å². The number of carbonyl (C=O) groups is 2. The summed E-state index contributed by atoms with van der Waals surface area (Å²) in [6.45, 7) is 9.30. The highest BCUT2D eigenvalue weighted by atomic mass is 16.6. The highest BCUT2D eigenvalue weighted by Gasteiger charge is 2.41. The zero-order valence-electron chi connectivity index (χ0n) is 29.1. The maximum atomic E-state index is 12.9. The van der Waals surface area contributed by atoms with E-state index in [4.69, 9.17) is 14.6 Å². The standard InChI is InChI=1S/C37H52N6O4/c1-25-8-7-9-30(38-25)34(44)39-32-22-26-24-43(40-31(26)23-33(32)46-6)29-12-10-27(11-13-29)41(5)28-14-16-37(17-15-28)18-20-42(21-19-37)35(45)47-36(2,3)4/h7-9,22-24,27-29H,10-21H2,1-6H3,(H,39,44). The van der Waals surface area contributed by atoms with Crippen molar-refractivity contribution in [3.63, 3.8) is 0 Å². The van der Waals surface area contributed by atoms with Crippen LogP contribution >= 0.6 is 0 Å². The van der Waals surface area contributed by atoms with Crippen molar-refractivity contribution in [2.45, 2.75) is 116 Å². The quantitative estimate of drug-likeness (QED) is 0.299. The van der Waals surface area contributed by atoms with Gasteiger partial charge in [-0.2, -0.15) is 5.10 Å². The molecule has 2 saturated carbocycles. The third-order valence-electron chi connectivity index (χ3n) is 10.9. The molecular formula is C37H52N6O4. The highest BCUT2D eigenvalue weighted by molar-refractivity contribution is 6.05. The molecule has 2 amide bonds. The summed E-state index contributed by atoms with van der Waals surface area (Å²) in [5.74, 6) is 0.315. The number of pyridine rings is 1. The molecule has 1 aliphatic heterocycles. The van der Waals surface area contributed by atoms with E-state index in [1.807, 2.05) is 56.9 Å². The molecule has 2 aromatic heterocycles. The van der Waals surface area contributed by atoms with Crippen LogP contribution in [0.15, 0.2) is 36.5 Å². The third kappa shape index (κ3) is 7.58. The second-order valence-corrected chi connectivity index (χ2v) is 15.2. The zero-order valence-corrected chi connectivity index (χ0v) is 29.1. The smallest absolute Gasteiger partial charge is 0.410 e. The first-order valence-corrected chi connectivity index (χ1v) is 17.4. The number of methoxy groups -OCH3 is 1. The summed E-state index contributed by atoms with van der Waals surface area (Å²) in [4.78, 5) is 34.4. The SMILES string of the molecule is COc1cc2nn(C3CCC(N(C)C4CCC5(CC4)CCN(C(=O)OC(C)(C)C)CC5)CC3)cc2cc1NC(=O)c1cccc(C)n1. The van der Waals surface area contributed by atoms with Crippen LogP contribution in [0, 0.1) is 12.3 Å². The maximum Gasteiger partial charge on any atom is 0.410 e. The normalized spacial score (nSPS) is 22.1. The van der Waals surface area contributed by atoms with E-state index in [-0.39, 0.29) is 12.0 Å². The lowest BCUT2D eigenvalue weighted by Crippen LogP contribution is -2.49. The van der Waals surface area contributed by atoms with Gasteiger partial charge < -0.3 is 24.6 Å². The van der Waals surface area contributed by atoms with Gasteiger partial charge in [-0.15, -0.1) is 0 Å². The molecule has 1 N–H and O–H groups in total. The number of likely N-dealkylation sites (tertiary alicyclic amines) is 1. The molecule has 3 aromatic rings. The van der Waals surface area contributed by atoms with Gasteiger partial charge in [0.05, 0.1) is 24.4 Å². The summed E-state index contributed by atoms with van der Waals surface area (Å²) in [6, 6.07) is 10.9. The van der Waals surface area contributed by atoms with Crippen LogP contribution in [0.4, 0.5) is 10.5 Å². The first-order chi connectivity index (χ1) is 22.4. The maximum absolute atomic E-state index is 12.9. The molecule has 10 heteroatoms. The van der Waals surface area contributed by atoms with Gasteiger partial charge in [0.2, 0.25) is 0 Å². The summed E-state index contributed by atoms with van der Waals surface area (Å²) in [6.07, 6.45) is 13.7. The van der Waals surface area contributed by atoms with Gasteiger partial charge in [-0.25, -0.2) is 9.78 Å². The molecule has 0 radical (unpaired) electrons. The fourth-order valence-corrected chi connectivity index (χ4v) is 8.02. The van der Waals surface area contributed by atoms with Crippen LogP contribution in [-0.2, 0) is 4.74 Å². The largest absolute Gasteiger partial charge is 0.494 e. The zero-order chi connectivity index (χ0) is 33.3. The van der Waals surface area contributed by atoms with Gasteiger partial charge in [0.15, 0.2) is 0 Å². The predicted octanol–water partition coefficient (Wildman–Crippen LogP) is 7.38.